The van der Waals surface area contributed by atoms with E-state index in [2.05, 4.69) is 15.4 Å². The van der Waals surface area contributed by atoms with Crippen LogP contribution in [0.3, 0.4) is 0 Å². The molecule has 8 nitrogen and oxygen atoms in total. The molecule has 1 atom stereocenters. The Morgan fingerprint density at radius 1 is 1.19 bits per heavy atom. The Morgan fingerprint density at radius 2 is 1.95 bits per heavy atom. The molecule has 3 amide bonds. The zero-order chi connectivity index (χ0) is 27.2. The first kappa shape index (κ1) is 28.3. The largest absolute Gasteiger partial charge is 0.342 e. The van der Waals surface area contributed by atoms with Crippen LogP contribution in [0.5, 0.6) is 0 Å². The molecule has 2 aromatic rings. The fraction of sp³-hybridized carbons (Fsp3) is 0.556. The lowest BCUT2D eigenvalue weighted by Crippen LogP contribution is -2.53. The van der Waals surface area contributed by atoms with Crippen LogP contribution in [0.25, 0.3) is 11.3 Å². The number of rotatable bonds is 8. The highest BCUT2D eigenvalue weighted by Gasteiger charge is 2.27. The van der Waals surface area contributed by atoms with Crippen LogP contribution < -0.4 is 5.43 Å². The van der Waals surface area contributed by atoms with E-state index in [-0.39, 0.29) is 54.6 Å². The summed E-state index contributed by atoms with van der Waals surface area (Å²) in [4.78, 5) is 47.7. The average molecular weight is 518 g/mol. The molecular weight excluding hydrogens is 480 g/mol. The van der Waals surface area contributed by atoms with Gasteiger partial charge in [0.2, 0.25) is 17.7 Å². The third-order valence-corrected chi connectivity index (χ3v) is 6.50. The predicted molar refractivity (Wildman–Crippen MR) is 136 cm³/mol. The minimum absolute atomic E-state index is 0.0265. The predicted octanol–water partition coefficient (Wildman–Crippen LogP) is 4.37. The third kappa shape index (κ3) is 8.36. The Bertz CT molecular complexity index is 1110. The van der Waals surface area contributed by atoms with Gasteiger partial charge in [-0.3, -0.25) is 19.8 Å². The minimum atomic E-state index is -0.721. The summed E-state index contributed by atoms with van der Waals surface area (Å²) in [6, 6.07) is 3.35. The summed E-state index contributed by atoms with van der Waals surface area (Å²) in [6.07, 6.45) is 5.32. The monoisotopic (exact) mass is 517 g/mol. The maximum atomic E-state index is 14.1. The lowest BCUT2D eigenvalue weighted by molar-refractivity contribution is -0.148. The Balaban J connectivity index is 1.66. The van der Waals surface area contributed by atoms with Crippen molar-refractivity contribution in [2.75, 3.05) is 13.1 Å². The van der Waals surface area contributed by atoms with E-state index in [4.69, 9.17) is 0 Å². The Hall–Kier alpha value is -3.30. The fourth-order valence-electron chi connectivity index (χ4n) is 4.27. The van der Waals surface area contributed by atoms with E-state index in [1.54, 1.807) is 4.90 Å². The van der Waals surface area contributed by atoms with Gasteiger partial charge in [0.1, 0.15) is 24.0 Å². The minimum Gasteiger partial charge on any atom is -0.342 e. The molecule has 3 rings (SSSR count). The zero-order valence-electron chi connectivity index (χ0n) is 22.1. The van der Waals surface area contributed by atoms with Crippen LogP contribution in [0.1, 0.15) is 72.0 Å². The Kier molecular flexibility index (Phi) is 9.39. The van der Waals surface area contributed by atoms with E-state index >= 15 is 0 Å². The molecule has 10 heteroatoms. The number of piperidine rings is 1. The molecule has 1 aliphatic rings. The number of likely N-dealkylation sites (tertiary alicyclic amines) is 1. The maximum absolute atomic E-state index is 14.1. The number of hydrazine groups is 1. The van der Waals surface area contributed by atoms with E-state index in [1.807, 2.05) is 27.7 Å². The van der Waals surface area contributed by atoms with Gasteiger partial charge in [-0.1, -0.05) is 20.8 Å². The van der Waals surface area contributed by atoms with Gasteiger partial charge in [0.25, 0.3) is 0 Å². The van der Waals surface area contributed by atoms with E-state index in [9.17, 15) is 23.2 Å². The van der Waals surface area contributed by atoms with E-state index in [0.717, 1.165) is 36.4 Å². The van der Waals surface area contributed by atoms with Crippen LogP contribution in [0.15, 0.2) is 24.4 Å². The van der Waals surface area contributed by atoms with Crippen molar-refractivity contribution in [3.63, 3.8) is 0 Å². The van der Waals surface area contributed by atoms with E-state index in [1.165, 1.54) is 12.3 Å². The van der Waals surface area contributed by atoms with Crippen LogP contribution in [-0.4, -0.2) is 56.7 Å². The first-order valence-corrected chi connectivity index (χ1v) is 12.8. The van der Waals surface area contributed by atoms with Crippen molar-refractivity contribution in [1.82, 2.24) is 25.3 Å². The molecule has 0 unspecified atom stereocenters. The van der Waals surface area contributed by atoms with Crippen molar-refractivity contribution in [1.29, 1.82) is 0 Å². The number of carbonyl (C=O) groups is 3. The third-order valence-electron chi connectivity index (χ3n) is 6.50. The number of amides is 3. The molecule has 2 heterocycles. The van der Waals surface area contributed by atoms with Crippen molar-refractivity contribution in [3.05, 3.63) is 41.9 Å². The molecule has 0 radical (unpaired) electrons. The van der Waals surface area contributed by atoms with Gasteiger partial charge in [-0.15, -0.1) is 0 Å². The van der Waals surface area contributed by atoms with E-state index in [0.29, 0.717) is 24.5 Å². The number of aryl methyl sites for hydroxylation is 1. The first-order chi connectivity index (χ1) is 17.4. The molecule has 1 aliphatic heterocycles. The van der Waals surface area contributed by atoms with Crippen LogP contribution >= 0.6 is 0 Å². The summed E-state index contributed by atoms with van der Waals surface area (Å²) in [7, 11) is 0. The molecule has 37 heavy (non-hydrogen) atoms. The van der Waals surface area contributed by atoms with Crippen LogP contribution in [-0.2, 0) is 20.8 Å². The van der Waals surface area contributed by atoms with Gasteiger partial charge in [-0.25, -0.2) is 18.8 Å². The molecule has 1 aromatic heterocycles. The number of carbonyl (C=O) groups excluding carboxylic acids is 3. The zero-order valence-corrected chi connectivity index (χ0v) is 22.1. The van der Waals surface area contributed by atoms with Crippen LogP contribution in [0.4, 0.5) is 8.78 Å². The Morgan fingerprint density at radius 3 is 2.62 bits per heavy atom. The number of H-pyrrole nitrogens is 1. The van der Waals surface area contributed by atoms with Crippen molar-refractivity contribution < 1.29 is 23.2 Å². The highest BCUT2D eigenvalue weighted by Crippen LogP contribution is 2.23. The topological polar surface area (TPSA) is 98.4 Å². The average Bonchev–Trinajstić information content (AvgIpc) is 3.29. The quantitative estimate of drug-likeness (QED) is 0.508. The first-order valence-electron chi connectivity index (χ1n) is 12.8. The van der Waals surface area contributed by atoms with E-state index < -0.39 is 17.5 Å². The molecule has 202 valence electrons. The number of halogens is 2. The Labute approximate surface area is 216 Å². The molecular formula is C27H37F2N5O3. The summed E-state index contributed by atoms with van der Waals surface area (Å²) in [5, 5.41) is 1.11. The number of aromatic amines is 1. The standard InChI is InChI=1S/C27H37F2N5O3/c1-18-7-5-6-14-33(18)26(37)17-34(32-24(35)12-13-27(2,3)4)25(36)11-10-23-30-16-22(31-23)20-9-8-19(28)15-21(20)29/h8-9,15-16,18H,5-7,10-14,17H2,1-4H3,(H,30,31)(H,32,35)/t18-/m0/s1. The molecule has 0 aliphatic carbocycles. The van der Waals surface area contributed by atoms with Crippen molar-refractivity contribution in [3.8, 4) is 11.3 Å². The molecule has 2 N–H and O–H groups in total. The van der Waals surface area contributed by atoms with Gasteiger partial charge in [-0.2, -0.15) is 0 Å². The number of benzene rings is 1. The summed E-state index contributed by atoms with van der Waals surface area (Å²) in [5.41, 5.74) is 3.12. The second-order valence-corrected chi connectivity index (χ2v) is 10.9. The van der Waals surface area contributed by atoms with Gasteiger partial charge in [-0.05, 0) is 50.2 Å². The fourth-order valence-corrected chi connectivity index (χ4v) is 4.27. The number of aromatic nitrogens is 2. The van der Waals surface area contributed by atoms with Gasteiger partial charge in [0, 0.05) is 43.5 Å². The summed E-state index contributed by atoms with van der Waals surface area (Å²) >= 11 is 0. The van der Waals surface area contributed by atoms with Crippen molar-refractivity contribution >= 4 is 17.7 Å². The molecule has 0 bridgehead atoms. The van der Waals surface area contributed by atoms with Crippen LogP contribution in [0.2, 0.25) is 0 Å². The second-order valence-electron chi connectivity index (χ2n) is 10.9. The lowest BCUT2D eigenvalue weighted by Gasteiger charge is -2.35. The van der Waals surface area contributed by atoms with Gasteiger partial charge < -0.3 is 9.88 Å². The number of hydrogen-bond acceptors (Lipinski definition) is 4. The summed E-state index contributed by atoms with van der Waals surface area (Å²) in [5.74, 6) is -1.92. The smallest absolute Gasteiger partial charge is 0.244 e. The number of nitrogens with zero attached hydrogens (tertiary/aromatic N) is 3. The number of imidazole rings is 1. The van der Waals surface area contributed by atoms with Crippen molar-refractivity contribution in [2.24, 2.45) is 5.41 Å². The van der Waals surface area contributed by atoms with Crippen molar-refractivity contribution in [2.45, 2.75) is 78.7 Å². The second kappa shape index (κ2) is 12.3. The molecule has 0 spiro atoms. The maximum Gasteiger partial charge on any atom is 0.244 e. The summed E-state index contributed by atoms with van der Waals surface area (Å²) < 4.78 is 27.3. The number of nitrogens with one attached hydrogen (secondary N) is 2. The summed E-state index contributed by atoms with van der Waals surface area (Å²) in [6.45, 7) is 8.47. The highest BCUT2D eigenvalue weighted by atomic mass is 19.1. The highest BCUT2D eigenvalue weighted by molar-refractivity contribution is 5.87. The number of hydrogen-bond donors (Lipinski definition) is 2. The van der Waals surface area contributed by atoms with Gasteiger partial charge >= 0.3 is 0 Å². The molecule has 1 aromatic carbocycles. The molecule has 0 saturated carbocycles. The van der Waals surface area contributed by atoms with Crippen LogP contribution in [0, 0.1) is 17.0 Å². The SMILES string of the molecule is C[C@H]1CCCCN1C(=O)CN(NC(=O)CCC(C)(C)C)C(=O)CCc1ncc(-c2ccc(F)cc2F)[nH]1. The molecule has 1 fully saturated rings. The molecule has 1 saturated heterocycles. The normalized spacial score (nSPS) is 15.9. The lowest BCUT2D eigenvalue weighted by atomic mass is 9.90. The van der Waals surface area contributed by atoms with Gasteiger partial charge in [0.15, 0.2) is 0 Å². The van der Waals surface area contributed by atoms with Gasteiger partial charge in [0.05, 0.1) is 11.9 Å².